The molecule has 1 aromatic rings. The van der Waals surface area contributed by atoms with Gasteiger partial charge in [0.15, 0.2) is 5.82 Å². The first-order valence-corrected chi connectivity index (χ1v) is 3.89. The molecule has 0 aliphatic rings. The Morgan fingerprint density at radius 2 is 2.14 bits per heavy atom. The van der Waals surface area contributed by atoms with Crippen molar-refractivity contribution in [2.45, 2.75) is 0 Å². The van der Waals surface area contributed by atoms with Gasteiger partial charge in [-0.25, -0.2) is 14.4 Å². The smallest absolute Gasteiger partial charge is 0.252 e. The maximum atomic E-state index is 12.4. The van der Waals surface area contributed by atoms with Crippen LogP contribution in [0.15, 0.2) is 12.4 Å². The Hall–Kier alpha value is -1.76. The normalized spacial score (nSPS) is 9.57. The Kier molecular flexibility index (Phi) is 3.74. The van der Waals surface area contributed by atoms with Gasteiger partial charge in [-0.05, 0) is 7.05 Å². The van der Waals surface area contributed by atoms with Crippen molar-refractivity contribution in [3.05, 3.63) is 18.2 Å². The quantitative estimate of drug-likeness (QED) is 0.558. The zero-order valence-corrected chi connectivity index (χ0v) is 7.54. The molecule has 0 saturated carbocycles. The number of carbonyl (C=O) groups excluding carboxylic acids is 1. The third kappa shape index (κ3) is 3.31. The minimum Gasteiger partial charge on any atom is -0.311 e. The van der Waals surface area contributed by atoms with E-state index in [1.54, 1.807) is 7.05 Å². The minimum absolute atomic E-state index is 0.135. The number of aromatic nitrogens is 2. The van der Waals surface area contributed by atoms with Gasteiger partial charge >= 0.3 is 0 Å². The van der Waals surface area contributed by atoms with Crippen LogP contribution in [-0.2, 0) is 4.79 Å². The molecule has 0 fully saturated rings. The van der Waals surface area contributed by atoms with Gasteiger partial charge in [0.1, 0.15) is 0 Å². The molecule has 0 aliphatic carbocycles. The lowest BCUT2D eigenvalue weighted by atomic mass is 10.6. The third-order valence-corrected chi connectivity index (χ3v) is 1.27. The first kappa shape index (κ1) is 10.3. The highest BCUT2D eigenvalue weighted by Crippen LogP contribution is 1.95. The van der Waals surface area contributed by atoms with E-state index >= 15 is 0 Å². The standard InChI is InChI=1S/C7H10FN5O/c1-9-4-6(14)12-13-7-10-2-5(8)3-11-7/h2-3,9H,4H2,1H3,(H,12,14)(H,10,11,13). The van der Waals surface area contributed by atoms with Gasteiger partial charge in [-0.15, -0.1) is 0 Å². The van der Waals surface area contributed by atoms with Crippen molar-refractivity contribution in [2.24, 2.45) is 0 Å². The summed E-state index contributed by atoms with van der Waals surface area (Å²) in [6.07, 6.45) is 2.00. The highest BCUT2D eigenvalue weighted by atomic mass is 19.1. The molecule has 76 valence electrons. The fraction of sp³-hybridized carbons (Fsp3) is 0.286. The van der Waals surface area contributed by atoms with Crippen LogP contribution in [0.25, 0.3) is 0 Å². The summed E-state index contributed by atoms with van der Waals surface area (Å²) >= 11 is 0. The molecule has 0 radical (unpaired) electrons. The van der Waals surface area contributed by atoms with Crippen LogP contribution in [-0.4, -0.2) is 29.5 Å². The second-order valence-electron chi connectivity index (χ2n) is 2.43. The molecule has 14 heavy (non-hydrogen) atoms. The largest absolute Gasteiger partial charge is 0.311 e. The van der Waals surface area contributed by atoms with E-state index in [0.717, 1.165) is 12.4 Å². The number of anilines is 1. The average Bonchev–Trinajstić information content (AvgIpc) is 2.17. The molecule has 1 aromatic heterocycles. The summed E-state index contributed by atoms with van der Waals surface area (Å²) in [6.45, 7) is 0.175. The summed E-state index contributed by atoms with van der Waals surface area (Å²) in [4.78, 5) is 18.1. The fourth-order valence-electron chi connectivity index (χ4n) is 0.707. The molecule has 0 spiro atoms. The van der Waals surface area contributed by atoms with Crippen LogP contribution in [0.5, 0.6) is 0 Å². The van der Waals surface area contributed by atoms with E-state index in [9.17, 15) is 9.18 Å². The summed E-state index contributed by atoms with van der Waals surface area (Å²) in [5, 5.41) is 2.66. The molecule has 1 heterocycles. The van der Waals surface area contributed by atoms with E-state index in [2.05, 4.69) is 26.1 Å². The monoisotopic (exact) mass is 199 g/mol. The zero-order chi connectivity index (χ0) is 10.4. The molecule has 0 saturated heterocycles. The lowest BCUT2D eigenvalue weighted by Crippen LogP contribution is -2.36. The van der Waals surface area contributed by atoms with Gasteiger partial charge in [0.2, 0.25) is 5.95 Å². The summed E-state index contributed by atoms with van der Waals surface area (Å²) in [5.41, 5.74) is 4.75. The Bertz CT molecular complexity index is 301. The fourth-order valence-corrected chi connectivity index (χ4v) is 0.707. The van der Waals surface area contributed by atoms with Gasteiger partial charge in [-0.2, -0.15) is 0 Å². The molecule has 0 aromatic carbocycles. The van der Waals surface area contributed by atoms with Crippen LogP contribution < -0.4 is 16.2 Å². The molecule has 0 bridgehead atoms. The van der Waals surface area contributed by atoms with Crippen LogP contribution in [0.3, 0.4) is 0 Å². The number of nitrogens with one attached hydrogen (secondary N) is 3. The number of hydrazine groups is 1. The maximum Gasteiger partial charge on any atom is 0.252 e. The Balaban J connectivity index is 2.38. The number of hydrogen-bond donors (Lipinski definition) is 3. The van der Waals surface area contributed by atoms with Gasteiger partial charge in [0, 0.05) is 0 Å². The predicted molar refractivity (Wildman–Crippen MR) is 47.7 cm³/mol. The number of likely N-dealkylation sites (N-methyl/N-ethyl adjacent to an activating group) is 1. The van der Waals surface area contributed by atoms with Crippen LogP contribution in [0.2, 0.25) is 0 Å². The van der Waals surface area contributed by atoms with Crippen LogP contribution >= 0.6 is 0 Å². The lowest BCUT2D eigenvalue weighted by Gasteiger charge is -2.05. The van der Waals surface area contributed by atoms with Crippen molar-refractivity contribution in [1.29, 1.82) is 0 Å². The molecule has 0 atom stereocenters. The average molecular weight is 199 g/mol. The van der Waals surface area contributed by atoms with Crippen LogP contribution in [0.1, 0.15) is 0 Å². The molecule has 7 heteroatoms. The summed E-state index contributed by atoms with van der Waals surface area (Å²) in [6, 6.07) is 0. The van der Waals surface area contributed by atoms with E-state index in [4.69, 9.17) is 0 Å². The summed E-state index contributed by atoms with van der Waals surface area (Å²) in [7, 11) is 1.65. The molecule has 1 rings (SSSR count). The summed E-state index contributed by atoms with van der Waals surface area (Å²) < 4.78 is 12.4. The second-order valence-corrected chi connectivity index (χ2v) is 2.43. The highest BCUT2D eigenvalue weighted by Gasteiger charge is 1.99. The third-order valence-electron chi connectivity index (χ3n) is 1.27. The van der Waals surface area contributed by atoms with Gasteiger partial charge in [-0.3, -0.25) is 15.6 Å². The van der Waals surface area contributed by atoms with Gasteiger partial charge in [-0.1, -0.05) is 0 Å². The molecule has 6 nitrogen and oxygen atoms in total. The molecule has 3 N–H and O–H groups in total. The van der Waals surface area contributed by atoms with E-state index in [1.807, 2.05) is 0 Å². The molecule has 0 aliphatic heterocycles. The topological polar surface area (TPSA) is 78.9 Å². The van der Waals surface area contributed by atoms with Crippen molar-refractivity contribution in [1.82, 2.24) is 20.7 Å². The zero-order valence-electron chi connectivity index (χ0n) is 7.54. The summed E-state index contributed by atoms with van der Waals surface area (Å²) in [5.74, 6) is -0.659. The molecule has 0 unspecified atom stereocenters. The van der Waals surface area contributed by atoms with Gasteiger partial charge in [0.05, 0.1) is 18.9 Å². The van der Waals surface area contributed by atoms with Crippen LogP contribution in [0, 0.1) is 5.82 Å². The van der Waals surface area contributed by atoms with Crippen molar-refractivity contribution < 1.29 is 9.18 Å². The van der Waals surface area contributed by atoms with Crippen molar-refractivity contribution in [3.8, 4) is 0 Å². The maximum absolute atomic E-state index is 12.4. The number of halogens is 1. The van der Waals surface area contributed by atoms with E-state index in [-0.39, 0.29) is 18.4 Å². The number of hydrogen-bond acceptors (Lipinski definition) is 5. The van der Waals surface area contributed by atoms with E-state index in [0.29, 0.717) is 0 Å². The Morgan fingerprint density at radius 1 is 1.50 bits per heavy atom. The van der Waals surface area contributed by atoms with Gasteiger partial charge in [0.25, 0.3) is 5.91 Å². The first-order valence-electron chi connectivity index (χ1n) is 3.89. The minimum atomic E-state index is -0.530. The predicted octanol–water partition coefficient (Wildman–Crippen LogP) is -0.722. The number of rotatable bonds is 4. The lowest BCUT2D eigenvalue weighted by molar-refractivity contribution is -0.119. The van der Waals surface area contributed by atoms with Gasteiger partial charge < -0.3 is 5.32 Å². The first-order chi connectivity index (χ1) is 6.72. The number of amides is 1. The van der Waals surface area contributed by atoms with Crippen molar-refractivity contribution >= 4 is 11.9 Å². The molecular weight excluding hydrogens is 189 g/mol. The van der Waals surface area contributed by atoms with E-state index < -0.39 is 5.82 Å². The SMILES string of the molecule is CNCC(=O)NNc1ncc(F)cn1. The Morgan fingerprint density at radius 3 is 2.71 bits per heavy atom. The van der Waals surface area contributed by atoms with E-state index in [1.165, 1.54) is 0 Å². The van der Waals surface area contributed by atoms with Crippen molar-refractivity contribution in [2.75, 3.05) is 19.0 Å². The second kappa shape index (κ2) is 5.07. The number of carbonyl (C=O) groups is 1. The van der Waals surface area contributed by atoms with Crippen molar-refractivity contribution in [3.63, 3.8) is 0 Å². The highest BCUT2D eigenvalue weighted by molar-refractivity contribution is 5.78. The molecular formula is C7H10FN5O. The van der Waals surface area contributed by atoms with Crippen LogP contribution in [0.4, 0.5) is 10.3 Å². The molecule has 1 amide bonds. The number of nitrogens with zero attached hydrogens (tertiary/aromatic N) is 2. The Labute approximate surface area is 79.9 Å².